The van der Waals surface area contributed by atoms with E-state index in [2.05, 4.69) is 42.5 Å². The zero-order valence-corrected chi connectivity index (χ0v) is 50.8. The lowest BCUT2D eigenvalue weighted by molar-refractivity contribution is -0.172. The molecule has 4 heterocycles. The molecule has 31 heteroatoms. The van der Waals surface area contributed by atoms with Gasteiger partial charge in [0, 0.05) is 54.2 Å². The molecular weight excluding hydrogens is 1200 g/mol. The highest BCUT2D eigenvalue weighted by molar-refractivity contribution is 5.99. The molecule has 492 valence electrons. The molecule has 0 radical (unpaired) electrons. The van der Waals surface area contributed by atoms with Gasteiger partial charge < -0.3 is 92.5 Å². The lowest BCUT2D eigenvalue weighted by Gasteiger charge is -2.31. The van der Waals surface area contributed by atoms with Crippen LogP contribution in [0.1, 0.15) is 111 Å². The Morgan fingerprint density at radius 3 is 2.26 bits per heavy atom. The van der Waals surface area contributed by atoms with Gasteiger partial charge in [-0.05, 0) is 91.8 Å². The number of fused-ring (bicyclic) bond motifs is 5. The number of alkyl carbamates (subject to hydrolysis) is 1. The summed E-state index contributed by atoms with van der Waals surface area (Å²) in [5, 5.41) is 41.9. The highest BCUT2D eigenvalue weighted by atomic mass is 19.1. The number of carboxylic acids is 1. The zero-order valence-electron chi connectivity index (χ0n) is 50.8. The number of esters is 1. The normalized spacial score (nSPS) is 16.2. The van der Waals surface area contributed by atoms with Crippen molar-refractivity contribution < 1.29 is 86.2 Å². The van der Waals surface area contributed by atoms with Crippen LogP contribution >= 0.6 is 0 Å². The van der Waals surface area contributed by atoms with Crippen molar-refractivity contribution in [2.75, 3.05) is 64.7 Å². The smallest absolute Gasteiger partial charge is 0.407 e. The van der Waals surface area contributed by atoms with Gasteiger partial charge in [0.2, 0.25) is 35.4 Å². The van der Waals surface area contributed by atoms with E-state index in [0.29, 0.717) is 76.1 Å². The van der Waals surface area contributed by atoms with Crippen molar-refractivity contribution in [3.63, 3.8) is 0 Å². The van der Waals surface area contributed by atoms with Crippen LogP contribution in [-0.4, -0.2) is 157 Å². The standard InChI is InChI=1S/C60H77FN12O18/c1-5-60(86)38-23-44-52-36(26-73(44)56(82)37(38)28-90-57(60)83)50-40(13-12-35-32(4)39(61)24-43(70-52)49(35)50)68-47(76)29-89-30-66-46(75)25-65-59(85)91-27-33-8-10-34(11-9-33)67-53(79)41(7-6-18-64-58(63)84)71-55(81)51(31(2)3)72-54(80)42(14-15-48(77)78)69-45(74)16-19-87-21-22-88-20-17-62/h8-11,23-24,31,40-42,51,86H,5-7,12-22,25-30,62H2,1-4H3,(H,65,85)(H,66,75)(H,67,79)(H,68,76)(H,69,74)(H,71,81)(H,72,80)(H,77,78)(H3,63,64,84)/t40-,41-,42-,51?,60-/m0/s1. The molecule has 2 aromatic heterocycles. The molecular formula is C60H77FN12O18. The second kappa shape index (κ2) is 32.0. The summed E-state index contributed by atoms with van der Waals surface area (Å²) >= 11 is 0. The number of benzene rings is 2. The van der Waals surface area contributed by atoms with Crippen molar-refractivity contribution in [1.82, 2.24) is 46.8 Å². The number of ether oxygens (including phenoxy) is 5. The number of pyridine rings is 2. The highest BCUT2D eigenvalue weighted by Crippen LogP contribution is 2.46. The maximum atomic E-state index is 15.4. The second-order valence-electron chi connectivity index (χ2n) is 22.2. The van der Waals surface area contributed by atoms with Gasteiger partial charge in [0.25, 0.3) is 5.56 Å². The van der Waals surface area contributed by atoms with Gasteiger partial charge in [-0.15, -0.1) is 0 Å². The molecule has 2 aliphatic heterocycles. The number of nitrogens with one attached hydrogen (secondary N) is 8. The largest absolute Gasteiger partial charge is 0.481 e. The maximum absolute atomic E-state index is 15.4. The second-order valence-corrected chi connectivity index (χ2v) is 22.2. The van der Waals surface area contributed by atoms with Gasteiger partial charge in [0.1, 0.15) is 57.0 Å². The number of aryl methyl sites for hydroxylation is 1. The Morgan fingerprint density at radius 2 is 1.57 bits per heavy atom. The monoisotopic (exact) mass is 1270 g/mol. The number of primary amides is 1. The van der Waals surface area contributed by atoms with Crippen LogP contribution in [0.15, 0.2) is 41.2 Å². The summed E-state index contributed by atoms with van der Waals surface area (Å²) in [7, 11) is 0. The van der Waals surface area contributed by atoms with Gasteiger partial charge in [-0.1, -0.05) is 32.9 Å². The first-order chi connectivity index (χ1) is 43.4. The summed E-state index contributed by atoms with van der Waals surface area (Å²) in [5.41, 5.74) is 12.4. The third-order valence-corrected chi connectivity index (χ3v) is 15.6. The summed E-state index contributed by atoms with van der Waals surface area (Å²) in [4.78, 5) is 147. The Balaban J connectivity index is 0.867. The predicted molar refractivity (Wildman–Crippen MR) is 320 cm³/mol. The number of hydrogen-bond donors (Lipinski definition) is 12. The molecule has 30 nitrogen and oxygen atoms in total. The first kappa shape index (κ1) is 69.3. The van der Waals surface area contributed by atoms with Crippen LogP contribution in [0.5, 0.6) is 0 Å². The zero-order chi connectivity index (χ0) is 66.1. The Labute approximate surface area is 521 Å². The van der Waals surface area contributed by atoms with Gasteiger partial charge in [0.15, 0.2) is 5.60 Å². The number of anilines is 1. The minimum Gasteiger partial charge on any atom is -0.481 e. The maximum Gasteiger partial charge on any atom is 0.407 e. The number of aromatic nitrogens is 2. The van der Waals surface area contributed by atoms with E-state index in [4.69, 9.17) is 40.1 Å². The molecule has 0 fully saturated rings. The van der Waals surface area contributed by atoms with Crippen molar-refractivity contribution in [2.45, 2.75) is 129 Å². The van der Waals surface area contributed by atoms with Crippen LogP contribution in [0, 0.1) is 18.7 Å². The number of amides is 9. The van der Waals surface area contributed by atoms with Gasteiger partial charge >= 0.3 is 24.1 Å². The van der Waals surface area contributed by atoms with E-state index in [1.54, 1.807) is 33.8 Å². The molecule has 2 aromatic carbocycles. The van der Waals surface area contributed by atoms with Crippen LogP contribution in [0.4, 0.5) is 19.7 Å². The third kappa shape index (κ3) is 17.8. The van der Waals surface area contributed by atoms with E-state index >= 15 is 4.39 Å². The minimum atomic E-state index is -2.06. The van der Waals surface area contributed by atoms with Gasteiger partial charge in [-0.2, -0.15) is 0 Å². The summed E-state index contributed by atoms with van der Waals surface area (Å²) in [6, 6.07) is 3.61. The van der Waals surface area contributed by atoms with E-state index in [0.717, 1.165) is 0 Å². The number of carbonyl (C=O) groups excluding carboxylic acids is 9. The predicted octanol–water partition coefficient (Wildman–Crippen LogP) is 0.392. The molecule has 7 rings (SSSR count). The molecule has 0 bridgehead atoms. The summed E-state index contributed by atoms with van der Waals surface area (Å²) in [5.74, 6) is -7.32. The summed E-state index contributed by atoms with van der Waals surface area (Å²) < 4.78 is 43.3. The van der Waals surface area contributed by atoms with E-state index < -0.39 is 133 Å². The molecule has 4 aromatic rings. The van der Waals surface area contributed by atoms with E-state index in [-0.39, 0.29) is 95.0 Å². The fourth-order valence-electron chi connectivity index (χ4n) is 10.7. The van der Waals surface area contributed by atoms with Crippen LogP contribution in [0.25, 0.3) is 22.3 Å². The number of aliphatic hydroxyl groups is 1. The Hall–Kier alpha value is -9.17. The Bertz CT molecular complexity index is 3470. The fourth-order valence-corrected chi connectivity index (χ4v) is 10.7. The number of nitrogens with two attached hydrogens (primary N) is 2. The van der Waals surface area contributed by atoms with E-state index in [1.165, 1.54) is 34.9 Å². The fraction of sp³-hybridized carbons (Fsp3) is 0.500. The van der Waals surface area contributed by atoms with Gasteiger partial charge in [0.05, 0.1) is 61.5 Å². The molecule has 1 unspecified atom stereocenters. The number of rotatable bonds is 33. The minimum absolute atomic E-state index is 0.0130. The number of carbonyl (C=O) groups is 10. The molecule has 0 spiro atoms. The molecule has 3 aliphatic rings. The van der Waals surface area contributed by atoms with Crippen molar-refractivity contribution in [3.8, 4) is 11.4 Å². The number of halogens is 1. The van der Waals surface area contributed by atoms with E-state index in [9.17, 15) is 63.0 Å². The SMILES string of the molecule is CC[C@@]1(O)C(=O)OCc2c1cc1n(c2=O)Cc2c-1nc1cc(F)c(C)c3c1c2[C@@H](NC(=O)COCNC(=O)CNC(=O)OCc1ccc(NC(=O)[C@H](CCCNC(N)=O)NC(=O)C(NC(=O)[C@H](CCC(=O)O)NC(=O)CCOCCOCCN)C(C)C)cc1)CC3. The number of hydrogen-bond acceptors (Lipinski definition) is 19. The third-order valence-electron chi connectivity index (χ3n) is 15.6. The quantitative estimate of drug-likeness (QED) is 0.0154. The molecule has 91 heavy (non-hydrogen) atoms. The van der Waals surface area contributed by atoms with Gasteiger partial charge in [-0.3, -0.25) is 38.4 Å². The number of urea groups is 1. The van der Waals surface area contributed by atoms with Crippen molar-refractivity contribution >= 4 is 76.1 Å². The number of aliphatic carboxylic acids is 1. The highest BCUT2D eigenvalue weighted by Gasteiger charge is 2.46. The molecule has 0 saturated heterocycles. The molecule has 1 aliphatic carbocycles. The topological polar surface area (TPSA) is 440 Å². The average Bonchev–Trinajstić information content (AvgIpc) is 1.64. The molecule has 9 amide bonds. The van der Waals surface area contributed by atoms with Crippen LogP contribution in [0.2, 0.25) is 0 Å². The number of carboxylic acid groups (broad SMARTS) is 1. The van der Waals surface area contributed by atoms with Crippen LogP contribution < -0.4 is 59.6 Å². The molecule has 0 saturated carbocycles. The summed E-state index contributed by atoms with van der Waals surface area (Å²) in [6.07, 6.45) is -1.06. The van der Waals surface area contributed by atoms with Crippen molar-refractivity contribution in [2.24, 2.45) is 17.4 Å². The van der Waals surface area contributed by atoms with Crippen LogP contribution in [-0.2, 0) is 93.8 Å². The molecule has 14 N–H and O–H groups in total. The first-order valence-corrected chi connectivity index (χ1v) is 29.7. The first-order valence-electron chi connectivity index (χ1n) is 29.7. The molecule has 5 atom stereocenters. The lowest BCUT2D eigenvalue weighted by atomic mass is 9.81. The number of cyclic esters (lactones) is 1. The Kier molecular flexibility index (Phi) is 24.4. The van der Waals surface area contributed by atoms with Crippen molar-refractivity contribution in [1.29, 1.82) is 0 Å². The van der Waals surface area contributed by atoms with Gasteiger partial charge in [-0.25, -0.2) is 23.8 Å². The lowest BCUT2D eigenvalue weighted by Crippen LogP contribution is -2.58. The summed E-state index contributed by atoms with van der Waals surface area (Å²) in [6.45, 7) is 5.64. The van der Waals surface area contributed by atoms with Crippen LogP contribution in [0.3, 0.4) is 0 Å². The van der Waals surface area contributed by atoms with E-state index in [1.807, 2.05) is 0 Å². The average molecular weight is 1270 g/mol. The van der Waals surface area contributed by atoms with Crippen molar-refractivity contribution in [3.05, 3.63) is 91.5 Å². The Morgan fingerprint density at radius 1 is 0.846 bits per heavy atom. The number of nitrogens with zero attached hydrogens (tertiary/aromatic N) is 2.